The number of aromatic nitrogens is 1. The Balaban J connectivity index is 2.82. The molecule has 0 aliphatic carbocycles. The van der Waals surface area contributed by atoms with Crippen molar-refractivity contribution in [3.63, 3.8) is 0 Å². The molecule has 0 saturated heterocycles. The van der Waals surface area contributed by atoms with Crippen LogP contribution in [0.2, 0.25) is 0 Å². The topological polar surface area (TPSA) is 56.0 Å². The lowest BCUT2D eigenvalue weighted by Gasteiger charge is -2.02. The van der Waals surface area contributed by atoms with Crippen molar-refractivity contribution in [1.29, 1.82) is 0 Å². The molecule has 0 saturated carbocycles. The summed E-state index contributed by atoms with van der Waals surface area (Å²) in [7, 11) is 0. The first-order valence-electron chi connectivity index (χ1n) is 4.28. The van der Waals surface area contributed by atoms with E-state index >= 15 is 0 Å². The minimum absolute atomic E-state index is 0.127. The van der Waals surface area contributed by atoms with Gasteiger partial charge in [0.05, 0.1) is 4.92 Å². The summed E-state index contributed by atoms with van der Waals surface area (Å²) in [5.74, 6) is 0. The number of nitrogens with zero attached hydrogens (tertiary/aromatic N) is 2. The van der Waals surface area contributed by atoms with Gasteiger partial charge in [0.25, 0.3) is 5.69 Å². The van der Waals surface area contributed by atoms with Crippen LogP contribution in [0.4, 0.5) is 5.69 Å². The molecule has 0 spiro atoms. The first-order chi connectivity index (χ1) is 7.09. The number of pyridine rings is 1. The molecule has 1 heterocycles. The minimum Gasteiger partial charge on any atom is -0.263 e. The Hall–Kier alpha value is -1.49. The maximum atomic E-state index is 10.7. The van der Waals surface area contributed by atoms with Crippen LogP contribution in [0.5, 0.6) is 0 Å². The summed E-state index contributed by atoms with van der Waals surface area (Å²) in [4.78, 5) is 14.3. The predicted octanol–water partition coefficient (Wildman–Crippen LogP) is 3.21. The molecule has 1 aromatic heterocycles. The van der Waals surface area contributed by atoms with Crippen molar-refractivity contribution in [2.24, 2.45) is 0 Å². The minimum atomic E-state index is -0.379. The number of nitro benzene ring substituents is 1. The highest BCUT2D eigenvalue weighted by Crippen LogP contribution is 2.29. The Bertz CT molecular complexity index is 554. The monoisotopic (exact) mass is 266 g/mol. The van der Waals surface area contributed by atoms with Gasteiger partial charge in [-0.2, -0.15) is 0 Å². The maximum Gasteiger partial charge on any atom is 0.272 e. The van der Waals surface area contributed by atoms with Gasteiger partial charge in [-0.3, -0.25) is 15.1 Å². The van der Waals surface area contributed by atoms with E-state index in [1.807, 2.05) is 0 Å². The zero-order valence-electron chi connectivity index (χ0n) is 7.90. The molecule has 2 rings (SSSR count). The summed E-state index contributed by atoms with van der Waals surface area (Å²) >= 11 is 3.36. The van der Waals surface area contributed by atoms with Gasteiger partial charge in [0.15, 0.2) is 0 Å². The molecule has 0 atom stereocenters. The van der Waals surface area contributed by atoms with Crippen LogP contribution < -0.4 is 0 Å². The Morgan fingerprint density at radius 2 is 2.13 bits per heavy atom. The lowest BCUT2D eigenvalue weighted by Crippen LogP contribution is -1.92. The van der Waals surface area contributed by atoms with Gasteiger partial charge in [0.2, 0.25) is 0 Å². The Morgan fingerprint density at radius 1 is 1.40 bits per heavy atom. The van der Waals surface area contributed by atoms with Gasteiger partial charge in [-0.1, -0.05) is 0 Å². The molecule has 0 radical (unpaired) electrons. The smallest absolute Gasteiger partial charge is 0.263 e. The van der Waals surface area contributed by atoms with Crippen LogP contribution in [-0.2, 0) is 0 Å². The molecule has 76 valence electrons. The fraction of sp³-hybridized carbons (Fsp3) is 0.100. The lowest BCUT2D eigenvalue weighted by molar-refractivity contribution is -0.385. The van der Waals surface area contributed by atoms with Crippen LogP contribution in [0.15, 0.2) is 29.0 Å². The van der Waals surface area contributed by atoms with Gasteiger partial charge in [0.1, 0.15) is 0 Å². The third-order valence-corrected chi connectivity index (χ3v) is 2.86. The fourth-order valence-corrected chi connectivity index (χ4v) is 1.94. The number of halogens is 1. The third-order valence-electron chi connectivity index (χ3n) is 2.22. The SMILES string of the molecule is Cc1cc2c(Br)cncc2cc1[N+](=O)[O-]. The number of rotatable bonds is 1. The summed E-state index contributed by atoms with van der Waals surface area (Å²) in [5, 5.41) is 12.4. The first kappa shape index (κ1) is 10.0. The number of hydrogen-bond acceptors (Lipinski definition) is 3. The van der Waals surface area contributed by atoms with Crippen molar-refractivity contribution >= 4 is 32.4 Å². The van der Waals surface area contributed by atoms with Crippen LogP contribution >= 0.6 is 15.9 Å². The zero-order chi connectivity index (χ0) is 11.0. The molecular weight excluding hydrogens is 260 g/mol. The van der Waals surface area contributed by atoms with E-state index in [1.165, 1.54) is 0 Å². The predicted molar refractivity (Wildman–Crippen MR) is 60.8 cm³/mol. The first-order valence-corrected chi connectivity index (χ1v) is 5.07. The second-order valence-corrected chi connectivity index (χ2v) is 4.09. The van der Waals surface area contributed by atoms with Crippen LogP contribution in [0.3, 0.4) is 0 Å². The molecule has 0 aliphatic heterocycles. The fourth-order valence-electron chi connectivity index (χ4n) is 1.48. The number of aryl methyl sites for hydroxylation is 1. The highest BCUT2D eigenvalue weighted by molar-refractivity contribution is 9.10. The molecule has 2 aromatic rings. The van der Waals surface area contributed by atoms with Crippen LogP contribution in [0.25, 0.3) is 10.8 Å². The average molecular weight is 267 g/mol. The molecule has 0 aliphatic rings. The normalized spacial score (nSPS) is 10.5. The van der Waals surface area contributed by atoms with Crippen LogP contribution in [0, 0.1) is 17.0 Å². The summed E-state index contributed by atoms with van der Waals surface area (Å²) < 4.78 is 0.845. The van der Waals surface area contributed by atoms with Gasteiger partial charge in [0, 0.05) is 33.9 Å². The number of hydrogen-bond donors (Lipinski definition) is 0. The summed E-state index contributed by atoms with van der Waals surface area (Å²) in [6, 6.07) is 3.33. The number of nitro groups is 1. The van der Waals surface area contributed by atoms with Gasteiger partial charge in [-0.25, -0.2) is 0 Å². The largest absolute Gasteiger partial charge is 0.272 e. The zero-order valence-corrected chi connectivity index (χ0v) is 9.48. The van der Waals surface area contributed by atoms with Crippen molar-refractivity contribution in [2.45, 2.75) is 6.92 Å². The van der Waals surface area contributed by atoms with Gasteiger partial charge < -0.3 is 0 Å². The van der Waals surface area contributed by atoms with E-state index in [0.29, 0.717) is 5.56 Å². The van der Waals surface area contributed by atoms with Crippen LogP contribution in [0.1, 0.15) is 5.56 Å². The van der Waals surface area contributed by atoms with E-state index in [1.54, 1.807) is 31.5 Å². The van der Waals surface area contributed by atoms with Gasteiger partial charge >= 0.3 is 0 Å². The summed E-state index contributed by atoms with van der Waals surface area (Å²) in [6.07, 6.45) is 3.29. The number of benzene rings is 1. The van der Waals surface area contributed by atoms with Crippen LogP contribution in [-0.4, -0.2) is 9.91 Å². The molecule has 0 amide bonds. The molecule has 15 heavy (non-hydrogen) atoms. The Labute approximate surface area is 94.2 Å². The molecule has 1 aromatic carbocycles. The van der Waals surface area contributed by atoms with Gasteiger partial charge in [-0.05, 0) is 34.3 Å². The van der Waals surface area contributed by atoms with E-state index in [4.69, 9.17) is 0 Å². The summed E-state index contributed by atoms with van der Waals surface area (Å²) in [5.41, 5.74) is 0.779. The molecule has 5 heteroatoms. The molecule has 0 unspecified atom stereocenters. The second-order valence-electron chi connectivity index (χ2n) is 3.24. The molecular formula is C10H7BrN2O2. The Kier molecular flexibility index (Phi) is 2.40. The highest BCUT2D eigenvalue weighted by atomic mass is 79.9. The van der Waals surface area contributed by atoms with Crippen molar-refractivity contribution < 1.29 is 4.92 Å². The van der Waals surface area contributed by atoms with Crippen molar-refractivity contribution in [2.75, 3.05) is 0 Å². The van der Waals surface area contributed by atoms with E-state index in [9.17, 15) is 10.1 Å². The van der Waals surface area contributed by atoms with Gasteiger partial charge in [-0.15, -0.1) is 0 Å². The van der Waals surface area contributed by atoms with Crippen molar-refractivity contribution in [3.8, 4) is 0 Å². The van der Waals surface area contributed by atoms with E-state index in [0.717, 1.165) is 15.2 Å². The van der Waals surface area contributed by atoms with E-state index in [-0.39, 0.29) is 10.6 Å². The molecule has 0 bridgehead atoms. The summed E-state index contributed by atoms with van der Waals surface area (Å²) in [6.45, 7) is 1.73. The maximum absolute atomic E-state index is 10.7. The third kappa shape index (κ3) is 1.70. The lowest BCUT2D eigenvalue weighted by atomic mass is 10.1. The molecule has 4 nitrogen and oxygen atoms in total. The van der Waals surface area contributed by atoms with Crippen molar-refractivity contribution in [3.05, 3.63) is 44.7 Å². The Morgan fingerprint density at radius 3 is 2.80 bits per heavy atom. The quantitative estimate of drug-likeness (QED) is 0.588. The molecule has 0 N–H and O–H groups in total. The molecule has 0 fully saturated rings. The average Bonchev–Trinajstić information content (AvgIpc) is 2.18. The van der Waals surface area contributed by atoms with Crippen molar-refractivity contribution in [1.82, 2.24) is 4.98 Å². The van der Waals surface area contributed by atoms with E-state index < -0.39 is 0 Å². The number of fused-ring (bicyclic) bond motifs is 1. The van der Waals surface area contributed by atoms with E-state index in [2.05, 4.69) is 20.9 Å². The standard InChI is InChI=1S/C10H7BrN2O2/c1-6-2-8-7(3-10(6)13(14)15)4-12-5-9(8)11/h2-5H,1H3. The highest BCUT2D eigenvalue weighted by Gasteiger charge is 2.12. The second kappa shape index (κ2) is 3.58.